The van der Waals surface area contributed by atoms with Crippen molar-refractivity contribution in [2.75, 3.05) is 27.4 Å². The first-order valence-electron chi connectivity index (χ1n) is 13.2. The van der Waals surface area contributed by atoms with Gasteiger partial charge in [-0.3, -0.25) is 9.59 Å². The molecule has 41 heavy (non-hydrogen) atoms. The Balaban J connectivity index is 1.15. The highest BCUT2D eigenvalue weighted by atomic mass is 16.5. The van der Waals surface area contributed by atoms with Crippen LogP contribution in [0, 0.1) is 0 Å². The van der Waals surface area contributed by atoms with Crippen LogP contribution in [0.5, 0.6) is 23.0 Å². The quantitative estimate of drug-likeness (QED) is 0.0933. The van der Waals surface area contributed by atoms with Crippen LogP contribution in [-0.4, -0.2) is 39.0 Å². The van der Waals surface area contributed by atoms with Crippen LogP contribution in [0.25, 0.3) is 12.2 Å². The van der Waals surface area contributed by atoms with E-state index in [2.05, 4.69) is 0 Å². The predicted octanol–water partition coefficient (Wildman–Crippen LogP) is 7.34. The fraction of sp³-hybridized carbons (Fsp3) is 0.143. The lowest BCUT2D eigenvalue weighted by Gasteiger charge is -2.08. The van der Waals surface area contributed by atoms with Crippen molar-refractivity contribution in [3.63, 3.8) is 0 Å². The van der Waals surface area contributed by atoms with Crippen LogP contribution in [0.3, 0.4) is 0 Å². The molecule has 0 aliphatic rings. The van der Waals surface area contributed by atoms with Gasteiger partial charge in [-0.25, -0.2) is 0 Å². The zero-order valence-electron chi connectivity index (χ0n) is 23.1. The molecule has 208 valence electrons. The van der Waals surface area contributed by atoms with Crippen molar-refractivity contribution in [2.45, 2.75) is 6.42 Å². The highest BCUT2D eigenvalue weighted by Crippen LogP contribution is 2.17. The molecule has 4 rings (SSSR count). The Hall–Kier alpha value is -5.10. The van der Waals surface area contributed by atoms with Crippen molar-refractivity contribution in [1.29, 1.82) is 0 Å². The maximum Gasteiger partial charge on any atom is 0.185 e. The van der Waals surface area contributed by atoms with Gasteiger partial charge in [0.05, 0.1) is 27.4 Å². The molecule has 0 saturated heterocycles. The van der Waals surface area contributed by atoms with Gasteiger partial charge in [-0.2, -0.15) is 0 Å². The summed E-state index contributed by atoms with van der Waals surface area (Å²) in [5, 5.41) is 0. The summed E-state index contributed by atoms with van der Waals surface area (Å²) >= 11 is 0. The van der Waals surface area contributed by atoms with Crippen molar-refractivity contribution >= 4 is 23.7 Å². The van der Waals surface area contributed by atoms with Crippen LogP contribution in [0.1, 0.15) is 38.3 Å². The van der Waals surface area contributed by atoms with Crippen molar-refractivity contribution in [3.8, 4) is 23.0 Å². The number of ketones is 2. The highest BCUT2D eigenvalue weighted by molar-refractivity contribution is 6.07. The van der Waals surface area contributed by atoms with E-state index >= 15 is 0 Å². The van der Waals surface area contributed by atoms with Gasteiger partial charge in [-0.05, 0) is 96.1 Å². The first-order valence-corrected chi connectivity index (χ1v) is 13.2. The van der Waals surface area contributed by atoms with E-state index in [-0.39, 0.29) is 11.6 Å². The second kappa shape index (κ2) is 14.9. The third kappa shape index (κ3) is 8.97. The summed E-state index contributed by atoms with van der Waals surface area (Å²) in [6.45, 7) is 1.03. The Morgan fingerprint density at radius 2 is 0.854 bits per heavy atom. The molecular formula is C35H32O6. The molecule has 0 saturated carbocycles. The lowest BCUT2D eigenvalue weighted by Crippen LogP contribution is -2.05. The summed E-state index contributed by atoms with van der Waals surface area (Å²) in [4.78, 5) is 24.7. The average Bonchev–Trinajstić information content (AvgIpc) is 3.03. The molecule has 0 amide bonds. The number of allylic oxidation sites excluding steroid dienone is 2. The molecule has 0 atom stereocenters. The summed E-state index contributed by atoms with van der Waals surface area (Å²) in [5.74, 6) is 2.80. The van der Waals surface area contributed by atoms with Gasteiger partial charge >= 0.3 is 0 Å². The highest BCUT2D eigenvalue weighted by Gasteiger charge is 2.04. The van der Waals surface area contributed by atoms with Gasteiger partial charge < -0.3 is 18.9 Å². The third-order valence-corrected chi connectivity index (χ3v) is 6.19. The normalized spacial score (nSPS) is 11.0. The number of hydrogen-bond acceptors (Lipinski definition) is 6. The zero-order chi connectivity index (χ0) is 28.9. The first kappa shape index (κ1) is 28.9. The molecule has 0 unspecified atom stereocenters. The van der Waals surface area contributed by atoms with Crippen LogP contribution in [-0.2, 0) is 0 Å². The number of ether oxygens (including phenoxy) is 4. The van der Waals surface area contributed by atoms with Crippen LogP contribution in [0.15, 0.2) is 109 Å². The van der Waals surface area contributed by atoms with Crippen LogP contribution in [0.2, 0.25) is 0 Å². The number of methoxy groups -OCH3 is 2. The summed E-state index contributed by atoms with van der Waals surface area (Å²) in [5.41, 5.74) is 3.03. The molecule has 6 nitrogen and oxygen atoms in total. The fourth-order valence-electron chi connectivity index (χ4n) is 3.84. The number of carbonyl (C=O) groups excluding carboxylic acids is 2. The number of hydrogen-bond donors (Lipinski definition) is 0. The molecule has 0 radical (unpaired) electrons. The molecule has 6 heteroatoms. The summed E-state index contributed by atoms with van der Waals surface area (Å²) in [6.07, 6.45) is 7.39. The van der Waals surface area contributed by atoms with E-state index in [1.54, 1.807) is 87.1 Å². The molecule has 0 spiro atoms. The van der Waals surface area contributed by atoms with E-state index in [1.165, 1.54) is 0 Å². The molecule has 0 heterocycles. The second-order valence-corrected chi connectivity index (χ2v) is 9.04. The summed E-state index contributed by atoms with van der Waals surface area (Å²) in [6, 6.07) is 29.2. The fourth-order valence-corrected chi connectivity index (χ4v) is 3.84. The zero-order valence-corrected chi connectivity index (χ0v) is 23.1. The van der Waals surface area contributed by atoms with E-state index < -0.39 is 0 Å². The number of rotatable bonds is 14. The molecule has 0 aliphatic carbocycles. The van der Waals surface area contributed by atoms with E-state index in [9.17, 15) is 9.59 Å². The second-order valence-electron chi connectivity index (χ2n) is 9.04. The monoisotopic (exact) mass is 548 g/mol. The van der Waals surface area contributed by atoms with Crippen LogP contribution in [0.4, 0.5) is 0 Å². The number of benzene rings is 4. The topological polar surface area (TPSA) is 71.1 Å². The minimum atomic E-state index is -0.0705. The van der Waals surface area contributed by atoms with Crippen molar-refractivity contribution in [1.82, 2.24) is 0 Å². The maximum atomic E-state index is 12.3. The Morgan fingerprint density at radius 1 is 0.512 bits per heavy atom. The van der Waals surface area contributed by atoms with E-state index in [0.717, 1.165) is 29.0 Å². The van der Waals surface area contributed by atoms with Crippen molar-refractivity contribution in [3.05, 3.63) is 131 Å². The van der Waals surface area contributed by atoms with Gasteiger partial charge in [-0.15, -0.1) is 0 Å². The molecule has 0 bridgehead atoms. The van der Waals surface area contributed by atoms with Gasteiger partial charge in [0.1, 0.15) is 23.0 Å². The average molecular weight is 549 g/mol. The van der Waals surface area contributed by atoms with Gasteiger partial charge in [0.15, 0.2) is 11.6 Å². The third-order valence-electron chi connectivity index (χ3n) is 6.19. The smallest absolute Gasteiger partial charge is 0.185 e. The maximum absolute atomic E-state index is 12.3. The van der Waals surface area contributed by atoms with Crippen molar-refractivity contribution < 1.29 is 28.5 Å². The van der Waals surface area contributed by atoms with Gasteiger partial charge in [-0.1, -0.05) is 36.4 Å². The van der Waals surface area contributed by atoms with E-state index in [4.69, 9.17) is 18.9 Å². The molecule has 4 aromatic rings. The lowest BCUT2D eigenvalue weighted by atomic mass is 10.1. The molecule has 0 aromatic heterocycles. The minimum Gasteiger partial charge on any atom is -0.497 e. The molecular weight excluding hydrogens is 516 g/mol. The summed E-state index contributed by atoms with van der Waals surface area (Å²) < 4.78 is 21.9. The first-order chi connectivity index (χ1) is 20.0. The SMILES string of the molecule is COc1ccc(C(=O)/C=C\c2ccc(OCCCOc3ccc(/C=C/C(=O)c4ccc(OC)cc4)cc3)cc2)cc1. The Labute approximate surface area is 240 Å². The van der Waals surface area contributed by atoms with E-state index in [1.807, 2.05) is 48.5 Å². The van der Waals surface area contributed by atoms with Gasteiger partial charge in [0.2, 0.25) is 0 Å². The molecule has 0 N–H and O–H groups in total. The predicted molar refractivity (Wildman–Crippen MR) is 161 cm³/mol. The molecule has 4 aromatic carbocycles. The van der Waals surface area contributed by atoms with Crippen molar-refractivity contribution in [2.24, 2.45) is 0 Å². The standard InChI is InChI=1S/C35H32O6/c1-38-30-18-10-28(11-19-30)34(36)22-8-26-4-14-32(15-5-26)40-24-3-25-41-33-16-6-27(7-17-33)9-23-35(37)29-12-20-31(39-2)21-13-29/h4-23H,3,24-25H2,1-2H3/b22-8-,23-9+. The summed E-state index contributed by atoms with van der Waals surface area (Å²) in [7, 11) is 3.19. The van der Waals surface area contributed by atoms with Crippen LogP contribution >= 0.6 is 0 Å². The molecule has 0 fully saturated rings. The van der Waals surface area contributed by atoms with Crippen LogP contribution < -0.4 is 18.9 Å². The van der Waals surface area contributed by atoms with Gasteiger partial charge in [0, 0.05) is 17.5 Å². The largest absolute Gasteiger partial charge is 0.497 e. The number of carbonyl (C=O) groups is 2. The van der Waals surface area contributed by atoms with E-state index in [0.29, 0.717) is 35.8 Å². The Bertz CT molecular complexity index is 1350. The lowest BCUT2D eigenvalue weighted by molar-refractivity contribution is 0.103. The molecule has 0 aliphatic heterocycles. The van der Waals surface area contributed by atoms with Gasteiger partial charge in [0.25, 0.3) is 0 Å². The Kier molecular flexibility index (Phi) is 10.5. The minimum absolute atomic E-state index is 0.0705. The Morgan fingerprint density at radius 3 is 1.20 bits per heavy atom.